The van der Waals surface area contributed by atoms with E-state index in [1.807, 2.05) is 30.3 Å². The van der Waals surface area contributed by atoms with E-state index in [0.717, 1.165) is 5.56 Å². The van der Waals surface area contributed by atoms with Crippen LogP contribution >= 0.6 is 0 Å². The van der Waals surface area contributed by atoms with Gasteiger partial charge in [-0.1, -0.05) is 36.4 Å². The molecule has 0 unspecified atom stereocenters. The van der Waals surface area contributed by atoms with Gasteiger partial charge in [-0.3, -0.25) is 4.79 Å². The molecule has 1 N–H and O–H groups in total. The zero-order chi connectivity index (χ0) is 12.5. The van der Waals surface area contributed by atoms with Gasteiger partial charge in [0.25, 0.3) is 0 Å². The van der Waals surface area contributed by atoms with E-state index in [1.54, 1.807) is 12.1 Å². The van der Waals surface area contributed by atoms with Gasteiger partial charge in [-0.2, -0.15) is 0 Å². The fourth-order valence-electron chi connectivity index (χ4n) is 1.94. The molecular weight excluding hydrogens is 255 g/mol. The smallest absolute Gasteiger partial charge is 0.507 e. The summed E-state index contributed by atoms with van der Waals surface area (Å²) in [7, 11) is 0. The van der Waals surface area contributed by atoms with E-state index < -0.39 is 0 Å². The second kappa shape index (κ2) is 5.31. The van der Waals surface area contributed by atoms with Gasteiger partial charge in [0, 0.05) is 11.6 Å². The molecule has 0 amide bonds. The maximum Gasteiger partial charge on any atom is 3.00 e. The van der Waals surface area contributed by atoms with Crippen molar-refractivity contribution in [1.82, 2.24) is 0 Å². The minimum Gasteiger partial charge on any atom is -0.507 e. The average molecular weight is 265 g/mol. The van der Waals surface area contributed by atoms with Crippen molar-refractivity contribution >= 4 is 28.3 Å². The molecule has 4 heteroatoms. The molecule has 0 fully saturated rings. The summed E-state index contributed by atoms with van der Waals surface area (Å²) in [5.74, 6) is 0.444. The number of fused-ring (bicyclic) bond motifs is 1. The summed E-state index contributed by atoms with van der Waals surface area (Å²) < 4.78 is 5.65. The van der Waals surface area contributed by atoms with E-state index in [1.165, 1.54) is 12.1 Å². The van der Waals surface area contributed by atoms with Crippen LogP contribution in [0, 0.1) is 0 Å². The molecule has 1 aromatic heterocycles. The number of hydrogen-bond acceptors (Lipinski definition) is 3. The first-order chi connectivity index (χ1) is 8.75. The Morgan fingerprint density at radius 2 is 1.68 bits per heavy atom. The standard InChI is InChI=1S/C15H10O3.Al/c16-11-7-4-8-13-15(11)12(17)9-14(18-13)10-5-2-1-3-6-10;/h1-9,16H;/q;+3. The minimum absolute atomic E-state index is 0. The first-order valence-electron chi connectivity index (χ1n) is 5.57. The van der Waals surface area contributed by atoms with Crippen molar-refractivity contribution in [3.8, 4) is 17.1 Å². The Hall–Kier alpha value is -2.02. The molecule has 88 valence electrons. The second-order valence-corrected chi connectivity index (χ2v) is 3.99. The Balaban J connectivity index is 0.00000133. The summed E-state index contributed by atoms with van der Waals surface area (Å²) in [5.41, 5.74) is 0.981. The van der Waals surface area contributed by atoms with Gasteiger partial charge in [-0.25, -0.2) is 0 Å². The molecule has 3 rings (SSSR count). The predicted molar refractivity (Wildman–Crippen MR) is 75.3 cm³/mol. The van der Waals surface area contributed by atoms with E-state index >= 15 is 0 Å². The third-order valence-corrected chi connectivity index (χ3v) is 2.79. The van der Waals surface area contributed by atoms with Gasteiger partial charge in [0.2, 0.25) is 0 Å². The summed E-state index contributed by atoms with van der Waals surface area (Å²) in [4.78, 5) is 12.0. The maximum absolute atomic E-state index is 12.0. The minimum atomic E-state index is -0.242. The van der Waals surface area contributed by atoms with Gasteiger partial charge in [0.15, 0.2) is 5.43 Å². The molecule has 0 saturated carbocycles. The van der Waals surface area contributed by atoms with Crippen LogP contribution in [0.1, 0.15) is 0 Å². The maximum atomic E-state index is 12.0. The molecule has 3 nitrogen and oxygen atoms in total. The van der Waals surface area contributed by atoms with Gasteiger partial charge in [-0.05, 0) is 12.1 Å². The first-order valence-corrected chi connectivity index (χ1v) is 5.57. The molecule has 0 spiro atoms. The number of aromatic hydroxyl groups is 1. The molecule has 2 aromatic carbocycles. The van der Waals surface area contributed by atoms with E-state index in [2.05, 4.69) is 0 Å². The van der Waals surface area contributed by atoms with Crippen LogP contribution in [-0.4, -0.2) is 22.5 Å². The quantitative estimate of drug-likeness (QED) is 0.688. The summed E-state index contributed by atoms with van der Waals surface area (Å²) in [6.07, 6.45) is 0. The molecule has 0 aliphatic heterocycles. The topological polar surface area (TPSA) is 50.4 Å². The Kier molecular flexibility index (Phi) is 3.75. The van der Waals surface area contributed by atoms with Crippen molar-refractivity contribution in [2.75, 3.05) is 0 Å². The molecule has 0 atom stereocenters. The zero-order valence-electron chi connectivity index (χ0n) is 10.0. The van der Waals surface area contributed by atoms with Crippen LogP contribution in [0.3, 0.4) is 0 Å². The number of rotatable bonds is 1. The van der Waals surface area contributed by atoms with E-state index in [0.29, 0.717) is 11.3 Å². The first kappa shape index (κ1) is 13.4. The third-order valence-electron chi connectivity index (χ3n) is 2.79. The predicted octanol–water partition coefficient (Wildman–Crippen LogP) is 2.78. The molecule has 0 aliphatic rings. The molecule has 0 radical (unpaired) electrons. The summed E-state index contributed by atoms with van der Waals surface area (Å²) >= 11 is 0. The van der Waals surface area contributed by atoms with Crippen molar-refractivity contribution in [2.45, 2.75) is 0 Å². The number of hydrogen-bond donors (Lipinski definition) is 1. The van der Waals surface area contributed by atoms with E-state index in [9.17, 15) is 9.90 Å². The fraction of sp³-hybridized carbons (Fsp3) is 0. The Morgan fingerprint density at radius 1 is 0.947 bits per heavy atom. The van der Waals surface area contributed by atoms with Gasteiger partial charge < -0.3 is 9.52 Å². The summed E-state index contributed by atoms with van der Waals surface area (Å²) in [5, 5.41) is 9.87. The molecule has 19 heavy (non-hydrogen) atoms. The van der Waals surface area contributed by atoms with Crippen LogP contribution < -0.4 is 5.43 Å². The van der Waals surface area contributed by atoms with E-state index in [4.69, 9.17) is 4.42 Å². The summed E-state index contributed by atoms with van der Waals surface area (Å²) in [6.45, 7) is 0. The molecule has 0 bridgehead atoms. The second-order valence-electron chi connectivity index (χ2n) is 3.99. The molecular formula is C15H10AlO3+3. The molecule has 0 saturated heterocycles. The van der Waals surface area contributed by atoms with Crippen molar-refractivity contribution in [2.24, 2.45) is 0 Å². The van der Waals surface area contributed by atoms with Gasteiger partial charge in [-0.15, -0.1) is 0 Å². The van der Waals surface area contributed by atoms with Gasteiger partial charge in [0.1, 0.15) is 22.5 Å². The van der Waals surface area contributed by atoms with E-state index in [-0.39, 0.29) is 33.9 Å². The van der Waals surface area contributed by atoms with Crippen molar-refractivity contribution < 1.29 is 9.52 Å². The average Bonchev–Trinajstić information content (AvgIpc) is 2.39. The zero-order valence-corrected chi connectivity index (χ0v) is 11.2. The van der Waals surface area contributed by atoms with Crippen LogP contribution in [0.5, 0.6) is 5.75 Å². The van der Waals surface area contributed by atoms with Crippen molar-refractivity contribution in [3.63, 3.8) is 0 Å². The largest absolute Gasteiger partial charge is 3.00 e. The van der Waals surface area contributed by atoms with Gasteiger partial charge in [0.05, 0.1) is 0 Å². The van der Waals surface area contributed by atoms with Crippen molar-refractivity contribution in [1.29, 1.82) is 0 Å². The van der Waals surface area contributed by atoms with Crippen LogP contribution in [0.4, 0.5) is 0 Å². The van der Waals surface area contributed by atoms with Crippen LogP contribution in [0.2, 0.25) is 0 Å². The summed E-state index contributed by atoms with van der Waals surface area (Å²) in [6, 6.07) is 15.6. The Labute approximate surface area is 120 Å². The van der Waals surface area contributed by atoms with Crippen LogP contribution in [0.25, 0.3) is 22.3 Å². The number of phenolic OH excluding ortho intramolecular Hbond substituents is 1. The fourth-order valence-corrected chi connectivity index (χ4v) is 1.94. The number of benzene rings is 2. The van der Waals surface area contributed by atoms with Crippen LogP contribution in [-0.2, 0) is 0 Å². The Bertz CT molecular complexity index is 763. The van der Waals surface area contributed by atoms with Crippen LogP contribution in [0.15, 0.2) is 63.8 Å². The van der Waals surface area contributed by atoms with Crippen molar-refractivity contribution in [3.05, 3.63) is 64.8 Å². The SMILES string of the molecule is O=c1cc(-c2ccccc2)oc2cccc(O)c12.[Al+3]. The molecule has 1 heterocycles. The molecule has 3 aromatic rings. The monoisotopic (exact) mass is 265 g/mol. The van der Waals surface area contributed by atoms with Gasteiger partial charge >= 0.3 is 17.4 Å². The third kappa shape index (κ3) is 2.41. The number of phenols is 1. The normalized spacial score (nSPS) is 10.1. The Morgan fingerprint density at radius 3 is 2.42 bits per heavy atom. The molecule has 0 aliphatic carbocycles.